The predicted molar refractivity (Wildman–Crippen MR) is 482 cm³/mol. The largest absolute Gasteiger partial charge is 0.353 e. The fourth-order valence-corrected chi connectivity index (χ4v) is 10.9. The summed E-state index contributed by atoms with van der Waals surface area (Å²) in [6, 6.07) is 37.2. The van der Waals surface area contributed by atoms with E-state index in [4.69, 9.17) is 9.47 Å². The van der Waals surface area contributed by atoms with Crippen molar-refractivity contribution in [2.45, 2.75) is 277 Å². The van der Waals surface area contributed by atoms with Crippen molar-refractivity contribution in [1.82, 2.24) is 39.9 Å². The number of aromatic nitrogens is 8. The first-order chi connectivity index (χ1) is 55.5. The van der Waals surface area contributed by atoms with E-state index in [1.165, 1.54) is 125 Å². The van der Waals surface area contributed by atoms with Crippen LogP contribution in [0.25, 0.3) is 0 Å². The number of benzene rings is 4. The minimum absolute atomic E-state index is 0.0196. The molecule has 0 spiro atoms. The van der Waals surface area contributed by atoms with Crippen LogP contribution in [0.1, 0.15) is 245 Å². The Labute approximate surface area is 709 Å². The quantitative estimate of drug-likeness (QED) is 0.107. The number of rotatable bonds is 0. The lowest BCUT2D eigenvalue weighted by molar-refractivity contribution is -0.187. The van der Waals surface area contributed by atoms with Gasteiger partial charge < -0.3 is 9.47 Å². The summed E-state index contributed by atoms with van der Waals surface area (Å²) in [7, 11) is 0. The monoisotopic (exact) mass is 1630 g/mol. The highest BCUT2D eigenvalue weighted by Crippen LogP contribution is 2.29. The third-order valence-electron chi connectivity index (χ3n) is 19.8. The molecule has 118 heavy (non-hydrogen) atoms. The molecule has 14 rings (SSSR count). The van der Waals surface area contributed by atoms with Gasteiger partial charge in [-0.2, -0.15) is 8.78 Å². The molecule has 0 bridgehead atoms. The molecule has 1 aliphatic heterocycles. The summed E-state index contributed by atoms with van der Waals surface area (Å²) in [5, 5.41) is 0. The van der Waals surface area contributed by atoms with Crippen LogP contribution in [0.4, 0.5) is 26.3 Å². The van der Waals surface area contributed by atoms with E-state index in [2.05, 4.69) is 139 Å². The third-order valence-corrected chi connectivity index (χ3v) is 19.8. The Balaban J connectivity index is 0.000000636. The summed E-state index contributed by atoms with van der Waals surface area (Å²) >= 11 is 0. The van der Waals surface area contributed by atoms with Gasteiger partial charge in [0.1, 0.15) is 23.3 Å². The van der Waals surface area contributed by atoms with E-state index in [9.17, 15) is 26.3 Å². The molecule has 7 heterocycles. The molecule has 10 nitrogen and oxygen atoms in total. The second-order valence-corrected chi connectivity index (χ2v) is 33.1. The molecule has 4 aromatic carbocycles. The van der Waals surface area contributed by atoms with Gasteiger partial charge in [0.05, 0.1) is 13.2 Å². The Morgan fingerprint density at radius 2 is 0.466 bits per heavy atom. The van der Waals surface area contributed by atoms with E-state index in [0.717, 1.165) is 105 Å². The number of hydrogen-bond acceptors (Lipinski definition) is 10. The first kappa shape index (κ1) is 107. The molecule has 16 heteroatoms. The molecule has 648 valence electrons. The van der Waals surface area contributed by atoms with Crippen LogP contribution in [0.2, 0.25) is 0 Å². The molecule has 0 amide bonds. The molecule has 4 fully saturated rings. The Morgan fingerprint density at radius 1 is 0.237 bits per heavy atom. The maximum absolute atomic E-state index is 12.6. The molecule has 6 aromatic heterocycles. The van der Waals surface area contributed by atoms with Gasteiger partial charge in [0.25, 0.3) is 0 Å². The van der Waals surface area contributed by atoms with Crippen LogP contribution < -0.4 is 0 Å². The minimum Gasteiger partial charge on any atom is -0.353 e. The highest BCUT2D eigenvalue weighted by Gasteiger charge is 2.16. The third kappa shape index (κ3) is 53.5. The first-order valence-electron chi connectivity index (χ1n) is 42.1. The van der Waals surface area contributed by atoms with Crippen molar-refractivity contribution in [3.63, 3.8) is 0 Å². The average molecular weight is 1630 g/mol. The van der Waals surface area contributed by atoms with Gasteiger partial charge in [0, 0.05) is 77.0 Å². The van der Waals surface area contributed by atoms with Crippen LogP contribution >= 0.6 is 0 Å². The topological polar surface area (TPSA) is 122 Å². The lowest BCUT2D eigenvalue weighted by Gasteiger charge is -2.24. The summed E-state index contributed by atoms with van der Waals surface area (Å²) in [5.41, 5.74) is 16.2. The Morgan fingerprint density at radius 3 is 0.669 bits per heavy atom. The van der Waals surface area contributed by atoms with Gasteiger partial charge >= 0.3 is 0 Å². The lowest BCUT2D eigenvalue weighted by Crippen LogP contribution is -2.27. The van der Waals surface area contributed by atoms with Gasteiger partial charge in [-0.25, -0.2) is 47.5 Å². The van der Waals surface area contributed by atoms with Crippen molar-refractivity contribution in [2.75, 3.05) is 13.2 Å². The summed E-state index contributed by atoms with van der Waals surface area (Å²) in [6.45, 7) is 57.1. The van der Waals surface area contributed by atoms with Crippen LogP contribution in [-0.2, 0) is 9.47 Å². The van der Waals surface area contributed by atoms with E-state index in [-0.39, 0.29) is 29.8 Å². The van der Waals surface area contributed by atoms with Crippen molar-refractivity contribution < 1.29 is 35.8 Å². The molecule has 0 atom stereocenters. The minimum atomic E-state index is -0.736. The number of nitrogens with zero attached hydrogens (tertiary/aromatic N) is 8. The van der Waals surface area contributed by atoms with Gasteiger partial charge in [-0.1, -0.05) is 222 Å². The van der Waals surface area contributed by atoms with E-state index < -0.39 is 11.6 Å². The van der Waals surface area contributed by atoms with Crippen LogP contribution in [-0.4, -0.2) is 59.4 Å². The zero-order chi connectivity index (χ0) is 89.0. The maximum Gasteiger partial charge on any atom is 0.215 e. The Hall–Kier alpha value is -8.86. The molecule has 3 saturated carbocycles. The number of pyridine rings is 4. The molecule has 0 unspecified atom stereocenters. The molecular formula is C102H146F6N8O2. The van der Waals surface area contributed by atoms with Crippen molar-refractivity contribution in [1.29, 1.82) is 0 Å². The SMILES string of the molecule is CC1CCC(C)CC1.CC1CCC(C)CC1.CC1CCC(C)CC1.CC1COC(C)OC1.Cc1ccc(C)c(F)c1.Cc1ccc(C)c(F)c1.Cc1ccc(C)c(F)c1F.Cc1ccc(C)c(F)n1.Cc1ccc(C)c(F)n1.Cc1ccc(C)cc1.Cc1ccc(C)nc1.Cc1ccc(C)nc1.Cc1cnc(C)nc1.Cc1cnc(C)nc1. The van der Waals surface area contributed by atoms with Gasteiger partial charge in [-0.15, -0.1) is 0 Å². The van der Waals surface area contributed by atoms with Gasteiger partial charge in [-0.3, -0.25) is 9.97 Å². The molecule has 3 aliphatic carbocycles. The fraction of sp³-hybridized carbons (Fsp3) is 0.490. The first-order valence-corrected chi connectivity index (χ1v) is 42.1. The van der Waals surface area contributed by atoms with Gasteiger partial charge in [0.2, 0.25) is 11.9 Å². The van der Waals surface area contributed by atoms with Crippen molar-refractivity contribution >= 4 is 0 Å². The van der Waals surface area contributed by atoms with Crippen LogP contribution in [0.15, 0.2) is 159 Å². The summed E-state index contributed by atoms with van der Waals surface area (Å²) in [4.78, 5) is 31.2. The summed E-state index contributed by atoms with van der Waals surface area (Å²) in [5.74, 6) is 5.92. The maximum atomic E-state index is 12.6. The summed E-state index contributed by atoms with van der Waals surface area (Å²) < 4.78 is 85.7. The smallest absolute Gasteiger partial charge is 0.215 e. The highest BCUT2D eigenvalue weighted by atomic mass is 19.2. The second kappa shape index (κ2) is 60.6. The van der Waals surface area contributed by atoms with Crippen LogP contribution in [0, 0.1) is 215 Å². The Bertz CT molecular complexity index is 3560. The van der Waals surface area contributed by atoms with Gasteiger partial charge in [-0.05, 0) is 273 Å². The van der Waals surface area contributed by atoms with Crippen molar-refractivity contribution in [2.24, 2.45) is 41.4 Å². The second-order valence-electron chi connectivity index (χ2n) is 33.1. The summed E-state index contributed by atoms with van der Waals surface area (Å²) in [6.07, 6.45) is 28.7. The van der Waals surface area contributed by atoms with E-state index >= 15 is 0 Å². The molecule has 10 aromatic rings. The molecule has 0 N–H and O–H groups in total. The van der Waals surface area contributed by atoms with E-state index in [0.29, 0.717) is 39.3 Å². The number of aryl methyl sites for hydroxylation is 20. The van der Waals surface area contributed by atoms with E-state index in [1.54, 1.807) is 90.1 Å². The fourth-order valence-electron chi connectivity index (χ4n) is 10.9. The Kier molecular flexibility index (Phi) is 55.0. The van der Waals surface area contributed by atoms with Crippen LogP contribution in [0.5, 0.6) is 0 Å². The number of halogens is 6. The normalized spacial score (nSPS) is 17.7. The molecule has 4 aliphatic rings. The standard InChI is InChI=1S/C8H8F2.2C8H9F.3C8H16.C8H10.2C7H8FN.2C7H9N.2C6H8N2.C6H12O2/c1-5-3-4-6(2)8(10)7(5)9;2*1-6-3-4-7(2)8(9)5-6;4*1-7-3-5-8(2)6-4-7;2*1-5-3-4-6(2)9-7(5)8;2*1-6-3-4-7(2)8-5-6;3*1-5-3-7-6(2)8-4-5/h3-4H,1-2H3;2*3-5H,1-2H3;3*7-8H,3-6H2,1-2H3;3-6H,1-2H3;2*3-4H,1-2H3;2*3-5H,1-2H3;2*3-4H,1-2H3;5-6H,3-4H2,1-2H3. The van der Waals surface area contributed by atoms with Crippen molar-refractivity contribution in [3.05, 3.63) is 306 Å². The van der Waals surface area contributed by atoms with Gasteiger partial charge in [0.15, 0.2) is 17.9 Å². The van der Waals surface area contributed by atoms with E-state index in [1.807, 2.05) is 138 Å². The molecular weight excluding hydrogens is 1480 g/mol. The highest BCUT2D eigenvalue weighted by molar-refractivity contribution is 5.25. The number of hydrogen-bond donors (Lipinski definition) is 0. The lowest BCUT2D eigenvalue weighted by atomic mass is 9.84. The zero-order valence-corrected chi connectivity index (χ0v) is 77.2. The molecule has 0 radical (unpaired) electrons. The van der Waals surface area contributed by atoms with Crippen LogP contribution in [0.3, 0.4) is 0 Å². The number of ether oxygens (including phenoxy) is 2. The van der Waals surface area contributed by atoms with Crippen molar-refractivity contribution in [3.8, 4) is 0 Å². The zero-order valence-electron chi connectivity index (χ0n) is 77.2. The molecule has 1 saturated heterocycles. The predicted octanol–water partition coefficient (Wildman–Crippen LogP) is 28.5. The average Bonchev–Trinajstić information content (AvgIpc) is 0.861.